The van der Waals surface area contributed by atoms with E-state index >= 15 is 0 Å². The molecule has 0 bridgehead atoms. The third-order valence-electron chi connectivity index (χ3n) is 2.71. The Bertz CT molecular complexity index is 531. The fourth-order valence-corrected chi connectivity index (χ4v) is 2.05. The summed E-state index contributed by atoms with van der Waals surface area (Å²) in [5.41, 5.74) is 0.671. The summed E-state index contributed by atoms with van der Waals surface area (Å²) >= 11 is 5.92. The van der Waals surface area contributed by atoms with Crippen LogP contribution in [0.3, 0.4) is 0 Å². The van der Waals surface area contributed by atoms with Gasteiger partial charge in [-0.3, -0.25) is 0 Å². The minimum absolute atomic E-state index is 0.407. The lowest BCUT2D eigenvalue weighted by molar-refractivity contribution is -0.195. The summed E-state index contributed by atoms with van der Waals surface area (Å²) in [5, 5.41) is 11.7. The van der Waals surface area contributed by atoms with Gasteiger partial charge in [-0.15, -0.1) is 0 Å². The second-order valence-corrected chi connectivity index (χ2v) is 4.49. The Morgan fingerprint density at radius 1 is 1.21 bits per heavy atom. The van der Waals surface area contributed by atoms with E-state index in [0.717, 1.165) is 5.39 Å². The zero-order valence-corrected chi connectivity index (χ0v) is 11.7. The van der Waals surface area contributed by atoms with E-state index in [1.54, 1.807) is 24.3 Å². The molecule has 4 nitrogen and oxygen atoms in total. The number of hydrogen-bond donors (Lipinski definition) is 1. The van der Waals surface area contributed by atoms with Gasteiger partial charge in [0.25, 0.3) is 0 Å². The first-order valence-electron chi connectivity index (χ1n) is 6.26. The first-order valence-corrected chi connectivity index (χ1v) is 6.63. The molecule has 1 heterocycles. The van der Waals surface area contributed by atoms with Crippen molar-refractivity contribution in [2.75, 3.05) is 13.2 Å². The van der Waals surface area contributed by atoms with Crippen LogP contribution in [0.25, 0.3) is 11.0 Å². The molecule has 1 aromatic heterocycles. The fraction of sp³-hybridized carbons (Fsp3) is 0.429. The molecule has 0 aliphatic rings. The average molecular weight is 285 g/mol. The monoisotopic (exact) mass is 284 g/mol. The molecule has 0 amide bonds. The minimum atomic E-state index is -0.967. The van der Waals surface area contributed by atoms with Crippen LogP contribution in [0.2, 0.25) is 5.02 Å². The van der Waals surface area contributed by atoms with Crippen molar-refractivity contribution >= 4 is 22.6 Å². The zero-order chi connectivity index (χ0) is 13.8. The largest absolute Gasteiger partial charge is 0.458 e. The van der Waals surface area contributed by atoms with E-state index in [-0.39, 0.29) is 0 Å². The molecule has 1 atom stereocenters. The fourth-order valence-electron chi connectivity index (χ4n) is 1.87. The van der Waals surface area contributed by atoms with E-state index < -0.39 is 12.4 Å². The van der Waals surface area contributed by atoms with Crippen LogP contribution in [0.5, 0.6) is 0 Å². The SMILES string of the molecule is CCOC(OCC)C(O)c1cc2cc(Cl)ccc2o1. The van der Waals surface area contributed by atoms with E-state index in [1.165, 1.54) is 0 Å². The minimum Gasteiger partial charge on any atom is -0.458 e. The maximum Gasteiger partial charge on any atom is 0.190 e. The van der Waals surface area contributed by atoms with E-state index in [4.69, 9.17) is 25.5 Å². The molecule has 0 aliphatic carbocycles. The third kappa shape index (κ3) is 3.28. The van der Waals surface area contributed by atoms with Crippen LogP contribution in [-0.4, -0.2) is 24.6 Å². The zero-order valence-electron chi connectivity index (χ0n) is 10.9. The summed E-state index contributed by atoms with van der Waals surface area (Å²) in [7, 11) is 0. The highest BCUT2D eigenvalue weighted by molar-refractivity contribution is 6.31. The quantitative estimate of drug-likeness (QED) is 0.825. The molecule has 0 fully saturated rings. The molecule has 19 heavy (non-hydrogen) atoms. The van der Waals surface area contributed by atoms with E-state index in [1.807, 2.05) is 13.8 Å². The second-order valence-electron chi connectivity index (χ2n) is 4.05. The Hall–Kier alpha value is -1.07. The standard InChI is InChI=1S/C14H17ClO4/c1-3-17-14(18-4-2)13(16)12-8-9-7-10(15)5-6-11(9)19-12/h5-8,13-14,16H,3-4H2,1-2H3. The third-order valence-corrected chi connectivity index (χ3v) is 2.94. The van der Waals surface area contributed by atoms with Crippen LogP contribution in [0.4, 0.5) is 0 Å². The van der Waals surface area contributed by atoms with Crippen molar-refractivity contribution in [3.05, 3.63) is 35.0 Å². The molecule has 0 saturated heterocycles. The maximum atomic E-state index is 10.2. The molecule has 1 N–H and O–H groups in total. The Kier molecular flexibility index (Phi) is 4.82. The lowest BCUT2D eigenvalue weighted by Gasteiger charge is -2.20. The molecular weight excluding hydrogens is 268 g/mol. The molecule has 2 rings (SSSR count). The lowest BCUT2D eigenvalue weighted by atomic mass is 10.2. The van der Waals surface area contributed by atoms with E-state index in [2.05, 4.69) is 0 Å². The van der Waals surface area contributed by atoms with Gasteiger partial charge >= 0.3 is 0 Å². The smallest absolute Gasteiger partial charge is 0.190 e. The molecule has 1 unspecified atom stereocenters. The van der Waals surface area contributed by atoms with Gasteiger partial charge in [-0.1, -0.05) is 11.6 Å². The number of furan rings is 1. The lowest BCUT2D eigenvalue weighted by Crippen LogP contribution is -2.25. The van der Waals surface area contributed by atoms with Crippen molar-refractivity contribution < 1.29 is 19.0 Å². The van der Waals surface area contributed by atoms with Gasteiger partial charge in [-0.2, -0.15) is 0 Å². The van der Waals surface area contributed by atoms with Gasteiger partial charge < -0.3 is 19.0 Å². The number of rotatable bonds is 6. The number of hydrogen-bond acceptors (Lipinski definition) is 4. The number of fused-ring (bicyclic) bond motifs is 1. The van der Waals surface area contributed by atoms with Gasteiger partial charge in [0.05, 0.1) is 0 Å². The van der Waals surface area contributed by atoms with Crippen molar-refractivity contribution in [2.24, 2.45) is 0 Å². The highest BCUT2D eigenvalue weighted by Crippen LogP contribution is 2.29. The molecule has 104 valence electrons. The normalized spacial score (nSPS) is 13.3. The first kappa shape index (κ1) is 14.3. The summed E-state index contributed by atoms with van der Waals surface area (Å²) < 4.78 is 16.3. The van der Waals surface area contributed by atoms with Crippen molar-refractivity contribution in [3.8, 4) is 0 Å². The van der Waals surface area contributed by atoms with Crippen LogP contribution in [0.1, 0.15) is 25.7 Å². The Labute approximate surface area is 116 Å². The van der Waals surface area contributed by atoms with Gasteiger partial charge in [0.15, 0.2) is 12.4 Å². The van der Waals surface area contributed by atoms with E-state index in [0.29, 0.717) is 29.6 Å². The van der Waals surface area contributed by atoms with Gasteiger partial charge in [0, 0.05) is 23.6 Å². The van der Waals surface area contributed by atoms with Crippen molar-refractivity contribution in [3.63, 3.8) is 0 Å². The Morgan fingerprint density at radius 3 is 2.53 bits per heavy atom. The topological polar surface area (TPSA) is 51.8 Å². The molecule has 0 spiro atoms. The van der Waals surface area contributed by atoms with Crippen LogP contribution < -0.4 is 0 Å². The summed E-state index contributed by atoms with van der Waals surface area (Å²) in [5.74, 6) is 0.407. The molecule has 5 heteroatoms. The molecule has 0 radical (unpaired) electrons. The molecule has 2 aromatic rings. The first-order chi connectivity index (χ1) is 9.15. The summed E-state index contributed by atoms with van der Waals surface area (Å²) in [6.45, 7) is 4.59. The Balaban J connectivity index is 2.26. The number of aliphatic hydroxyl groups is 1. The average Bonchev–Trinajstić information content (AvgIpc) is 2.80. The highest BCUT2D eigenvalue weighted by Gasteiger charge is 2.25. The number of benzene rings is 1. The second kappa shape index (κ2) is 6.39. The van der Waals surface area contributed by atoms with Gasteiger partial charge in [-0.05, 0) is 38.1 Å². The van der Waals surface area contributed by atoms with Gasteiger partial charge in [0.1, 0.15) is 11.3 Å². The molecule has 0 aliphatic heterocycles. The number of aliphatic hydroxyl groups excluding tert-OH is 1. The molecular formula is C14H17ClO4. The van der Waals surface area contributed by atoms with Gasteiger partial charge in [-0.25, -0.2) is 0 Å². The van der Waals surface area contributed by atoms with Crippen LogP contribution in [0, 0.1) is 0 Å². The van der Waals surface area contributed by atoms with Crippen molar-refractivity contribution in [1.82, 2.24) is 0 Å². The molecule has 0 saturated carbocycles. The predicted molar refractivity (Wildman–Crippen MR) is 73.2 cm³/mol. The van der Waals surface area contributed by atoms with Crippen LogP contribution in [-0.2, 0) is 9.47 Å². The van der Waals surface area contributed by atoms with Crippen molar-refractivity contribution in [1.29, 1.82) is 0 Å². The highest BCUT2D eigenvalue weighted by atomic mass is 35.5. The summed E-state index contributed by atoms with van der Waals surface area (Å²) in [6.07, 6.45) is -1.70. The summed E-state index contributed by atoms with van der Waals surface area (Å²) in [6, 6.07) is 7.04. The maximum absolute atomic E-state index is 10.2. The molecule has 1 aromatic carbocycles. The van der Waals surface area contributed by atoms with Crippen LogP contribution >= 0.6 is 11.6 Å². The van der Waals surface area contributed by atoms with Crippen LogP contribution in [0.15, 0.2) is 28.7 Å². The van der Waals surface area contributed by atoms with Crippen molar-refractivity contribution in [2.45, 2.75) is 26.2 Å². The Morgan fingerprint density at radius 2 is 1.89 bits per heavy atom. The predicted octanol–water partition coefficient (Wildman–Crippen LogP) is 3.52. The summed E-state index contributed by atoms with van der Waals surface area (Å²) in [4.78, 5) is 0. The van der Waals surface area contributed by atoms with Gasteiger partial charge in [0.2, 0.25) is 0 Å². The number of ether oxygens (including phenoxy) is 2. The number of halogens is 1. The van der Waals surface area contributed by atoms with E-state index in [9.17, 15) is 5.11 Å².